The highest BCUT2D eigenvalue weighted by Crippen LogP contribution is 2.27. The van der Waals surface area contributed by atoms with E-state index >= 15 is 0 Å². The molecule has 0 aliphatic rings. The summed E-state index contributed by atoms with van der Waals surface area (Å²) < 4.78 is 6.33. The van der Waals surface area contributed by atoms with Gasteiger partial charge in [-0.3, -0.25) is 4.79 Å². The molecule has 166 valence electrons. The van der Waals surface area contributed by atoms with E-state index in [9.17, 15) is 4.79 Å². The predicted molar refractivity (Wildman–Crippen MR) is 138 cm³/mol. The number of anilines is 2. The number of hydrogen-bond acceptors (Lipinski definition) is 6. The normalized spacial score (nSPS) is 10.8. The average Bonchev–Trinajstić information content (AvgIpc) is 3.30. The molecule has 0 fully saturated rings. The summed E-state index contributed by atoms with van der Waals surface area (Å²) in [7, 11) is 0. The van der Waals surface area contributed by atoms with Crippen LogP contribution in [0.3, 0.4) is 0 Å². The zero-order valence-electron chi connectivity index (χ0n) is 17.8. The molecule has 0 radical (unpaired) electrons. The molecule has 0 saturated carbocycles. The van der Waals surface area contributed by atoms with Crippen molar-refractivity contribution in [2.75, 3.05) is 11.9 Å². The van der Waals surface area contributed by atoms with Crippen molar-refractivity contribution < 1.29 is 9.53 Å². The number of rotatable bonds is 8. The van der Waals surface area contributed by atoms with Crippen molar-refractivity contribution in [2.45, 2.75) is 6.92 Å². The molecule has 0 saturated heterocycles. The summed E-state index contributed by atoms with van der Waals surface area (Å²) in [5.41, 5.74) is 6.69. The predicted octanol–water partition coefficient (Wildman–Crippen LogP) is 6.48. The van der Waals surface area contributed by atoms with Gasteiger partial charge in [0.15, 0.2) is 5.13 Å². The molecule has 0 bridgehead atoms. The average molecular weight is 521 g/mol. The number of hydrogen-bond donors (Lipinski definition) is 2. The summed E-state index contributed by atoms with van der Waals surface area (Å²) >= 11 is 5.00. The number of carbonyl (C=O) groups excluding carboxylic acids is 1. The van der Waals surface area contributed by atoms with Crippen LogP contribution in [0.15, 0.2) is 87.8 Å². The number of carbonyl (C=O) groups is 1. The SMILES string of the molecule is CCOc1ccc(/C=N\NC(=O)c2ccc(-c3csc(Nc4ccccc4)n3)cc2)cc1Br. The van der Waals surface area contributed by atoms with E-state index in [4.69, 9.17) is 4.74 Å². The second-order valence-corrected chi connectivity index (χ2v) is 8.64. The molecule has 4 aromatic rings. The Hall–Kier alpha value is -3.49. The maximum atomic E-state index is 12.4. The Labute approximate surface area is 204 Å². The maximum absolute atomic E-state index is 12.4. The monoisotopic (exact) mass is 520 g/mol. The van der Waals surface area contributed by atoms with Gasteiger partial charge in [-0.05, 0) is 70.9 Å². The highest BCUT2D eigenvalue weighted by atomic mass is 79.9. The second kappa shape index (κ2) is 10.9. The van der Waals surface area contributed by atoms with Crippen LogP contribution >= 0.6 is 27.3 Å². The van der Waals surface area contributed by atoms with Crippen molar-refractivity contribution in [3.05, 3.63) is 93.8 Å². The van der Waals surface area contributed by atoms with Crippen molar-refractivity contribution in [3.63, 3.8) is 0 Å². The number of nitrogens with zero attached hydrogens (tertiary/aromatic N) is 2. The van der Waals surface area contributed by atoms with Gasteiger partial charge in [-0.15, -0.1) is 11.3 Å². The molecular weight excluding hydrogens is 500 g/mol. The fourth-order valence-electron chi connectivity index (χ4n) is 3.00. The van der Waals surface area contributed by atoms with E-state index in [1.807, 2.05) is 73.0 Å². The summed E-state index contributed by atoms with van der Waals surface area (Å²) in [6, 6.07) is 22.8. The van der Waals surface area contributed by atoms with Crippen LogP contribution in [0.25, 0.3) is 11.3 Å². The van der Waals surface area contributed by atoms with E-state index < -0.39 is 0 Å². The lowest BCUT2D eigenvalue weighted by atomic mass is 10.1. The van der Waals surface area contributed by atoms with Crippen LogP contribution in [0, 0.1) is 0 Å². The Balaban J connectivity index is 1.35. The molecule has 4 rings (SSSR count). The van der Waals surface area contributed by atoms with Crippen LogP contribution < -0.4 is 15.5 Å². The van der Waals surface area contributed by atoms with E-state index in [1.54, 1.807) is 18.3 Å². The Morgan fingerprint density at radius 2 is 1.91 bits per heavy atom. The van der Waals surface area contributed by atoms with Crippen LogP contribution in [0.1, 0.15) is 22.8 Å². The van der Waals surface area contributed by atoms with Crippen molar-refractivity contribution >= 4 is 50.2 Å². The molecule has 1 amide bonds. The van der Waals surface area contributed by atoms with Gasteiger partial charge in [0, 0.05) is 22.2 Å². The van der Waals surface area contributed by atoms with E-state index in [1.165, 1.54) is 11.3 Å². The van der Waals surface area contributed by atoms with E-state index in [0.717, 1.165) is 37.9 Å². The van der Waals surface area contributed by atoms with Crippen molar-refractivity contribution in [3.8, 4) is 17.0 Å². The molecule has 1 heterocycles. The minimum Gasteiger partial charge on any atom is -0.493 e. The first-order chi connectivity index (χ1) is 16.1. The third-order valence-electron chi connectivity index (χ3n) is 4.61. The largest absolute Gasteiger partial charge is 0.493 e. The fraction of sp³-hybridized carbons (Fsp3) is 0.0800. The summed E-state index contributed by atoms with van der Waals surface area (Å²) in [6.45, 7) is 2.52. The molecular formula is C25H21BrN4O2S. The number of ether oxygens (including phenoxy) is 1. The number of hydrazone groups is 1. The zero-order valence-corrected chi connectivity index (χ0v) is 20.2. The van der Waals surface area contributed by atoms with Gasteiger partial charge in [-0.2, -0.15) is 5.10 Å². The number of aromatic nitrogens is 1. The number of amides is 1. The third kappa shape index (κ3) is 6.06. The quantitative estimate of drug-likeness (QED) is 0.206. The molecule has 0 aliphatic carbocycles. The Morgan fingerprint density at radius 3 is 2.64 bits per heavy atom. The smallest absolute Gasteiger partial charge is 0.271 e. The lowest BCUT2D eigenvalue weighted by Gasteiger charge is -2.06. The molecule has 33 heavy (non-hydrogen) atoms. The van der Waals surface area contributed by atoms with Gasteiger partial charge < -0.3 is 10.1 Å². The highest BCUT2D eigenvalue weighted by molar-refractivity contribution is 9.10. The van der Waals surface area contributed by atoms with Crippen LogP contribution in [-0.2, 0) is 0 Å². The van der Waals surface area contributed by atoms with Crippen LogP contribution in [-0.4, -0.2) is 23.7 Å². The van der Waals surface area contributed by atoms with E-state index in [2.05, 4.69) is 36.8 Å². The molecule has 0 atom stereocenters. The van der Waals surface area contributed by atoms with E-state index in [0.29, 0.717) is 12.2 Å². The van der Waals surface area contributed by atoms with Crippen LogP contribution in [0.5, 0.6) is 5.75 Å². The minimum atomic E-state index is -0.285. The molecule has 0 unspecified atom stereocenters. The molecule has 0 aliphatic heterocycles. The first-order valence-electron chi connectivity index (χ1n) is 10.3. The van der Waals surface area contributed by atoms with Gasteiger partial charge in [-0.1, -0.05) is 30.3 Å². The molecule has 1 aromatic heterocycles. The second-order valence-electron chi connectivity index (χ2n) is 6.93. The summed E-state index contributed by atoms with van der Waals surface area (Å²) in [6.07, 6.45) is 1.59. The molecule has 6 nitrogen and oxygen atoms in total. The van der Waals surface area contributed by atoms with Gasteiger partial charge >= 0.3 is 0 Å². The lowest BCUT2D eigenvalue weighted by Crippen LogP contribution is -2.17. The Kier molecular flexibility index (Phi) is 7.49. The van der Waals surface area contributed by atoms with Gasteiger partial charge in [-0.25, -0.2) is 10.4 Å². The summed E-state index contributed by atoms with van der Waals surface area (Å²) in [5, 5.41) is 10.1. The third-order valence-corrected chi connectivity index (χ3v) is 5.99. The maximum Gasteiger partial charge on any atom is 0.271 e. The molecule has 8 heteroatoms. The summed E-state index contributed by atoms with van der Waals surface area (Å²) in [4.78, 5) is 17.0. The number of para-hydroxylation sites is 1. The number of halogens is 1. The molecule has 0 spiro atoms. The van der Waals surface area contributed by atoms with E-state index in [-0.39, 0.29) is 5.91 Å². The first-order valence-corrected chi connectivity index (χ1v) is 11.9. The van der Waals surface area contributed by atoms with Gasteiger partial charge in [0.25, 0.3) is 5.91 Å². The number of nitrogens with one attached hydrogen (secondary N) is 2. The standard InChI is InChI=1S/C25H21BrN4O2S/c1-2-32-23-13-8-17(14-21(23)26)15-27-30-24(31)19-11-9-18(10-12-19)22-16-33-25(29-22)28-20-6-4-3-5-7-20/h3-16H,2H2,1H3,(H,28,29)(H,30,31)/b27-15-. The van der Waals surface area contributed by atoms with Crippen molar-refractivity contribution in [2.24, 2.45) is 5.10 Å². The molecule has 2 N–H and O–H groups in total. The number of thiazole rings is 1. The van der Waals surface area contributed by atoms with Crippen molar-refractivity contribution in [1.82, 2.24) is 10.4 Å². The Morgan fingerprint density at radius 1 is 1.12 bits per heavy atom. The Bertz CT molecular complexity index is 1260. The van der Waals surface area contributed by atoms with Gasteiger partial charge in [0.05, 0.1) is 23.0 Å². The topological polar surface area (TPSA) is 75.6 Å². The minimum absolute atomic E-state index is 0.285. The van der Waals surface area contributed by atoms with Crippen molar-refractivity contribution in [1.29, 1.82) is 0 Å². The molecule has 3 aromatic carbocycles. The fourth-order valence-corrected chi connectivity index (χ4v) is 4.25. The highest BCUT2D eigenvalue weighted by Gasteiger charge is 2.08. The number of benzene rings is 3. The lowest BCUT2D eigenvalue weighted by molar-refractivity contribution is 0.0955. The van der Waals surface area contributed by atoms with Crippen LogP contribution in [0.4, 0.5) is 10.8 Å². The zero-order chi connectivity index (χ0) is 23.0. The first kappa shape index (κ1) is 22.7. The van der Waals surface area contributed by atoms with Gasteiger partial charge in [0.1, 0.15) is 5.75 Å². The van der Waals surface area contributed by atoms with Gasteiger partial charge in [0.2, 0.25) is 0 Å². The van der Waals surface area contributed by atoms with Crippen LogP contribution in [0.2, 0.25) is 0 Å². The summed E-state index contributed by atoms with van der Waals surface area (Å²) in [5.74, 6) is 0.481.